The predicted octanol–water partition coefficient (Wildman–Crippen LogP) is -0.770. The summed E-state index contributed by atoms with van der Waals surface area (Å²) in [6.45, 7) is 11.8. The molecule has 0 amide bonds. The number of quaternary nitrogens is 2. The fourth-order valence-electron chi connectivity index (χ4n) is 2.36. The summed E-state index contributed by atoms with van der Waals surface area (Å²) in [5.74, 6) is 0.909. The van der Waals surface area contributed by atoms with E-state index in [0.29, 0.717) is 6.61 Å². The third-order valence-electron chi connectivity index (χ3n) is 3.57. The lowest BCUT2D eigenvalue weighted by molar-refractivity contribution is -0.920. The van der Waals surface area contributed by atoms with Gasteiger partial charge < -0.3 is 19.7 Å². The van der Waals surface area contributed by atoms with Crippen molar-refractivity contribution in [1.82, 2.24) is 0 Å². The molecule has 110 valence electrons. The van der Waals surface area contributed by atoms with Gasteiger partial charge in [0.25, 0.3) is 0 Å². The van der Waals surface area contributed by atoms with E-state index in [4.69, 9.17) is 9.47 Å². The number of nitrogens with one attached hydrogen (secondary N) is 1. The van der Waals surface area contributed by atoms with Crippen LogP contribution in [0.4, 0.5) is 0 Å². The summed E-state index contributed by atoms with van der Waals surface area (Å²) in [6, 6.07) is 8.33. The quantitative estimate of drug-likeness (QED) is 0.484. The van der Waals surface area contributed by atoms with Crippen LogP contribution in [0.5, 0.6) is 5.75 Å². The number of benzene rings is 1. The highest BCUT2D eigenvalue weighted by Gasteiger charge is 2.13. The van der Waals surface area contributed by atoms with Crippen molar-refractivity contribution >= 4 is 0 Å². The SMILES string of the molecule is C=CCOc1ccc(C[NH2+]CC[NH+]2CCOCC2)cc1. The van der Waals surface area contributed by atoms with Crippen LogP contribution in [0.15, 0.2) is 36.9 Å². The predicted molar refractivity (Wildman–Crippen MR) is 79.0 cm³/mol. The summed E-state index contributed by atoms with van der Waals surface area (Å²) in [4.78, 5) is 1.67. The van der Waals surface area contributed by atoms with Gasteiger partial charge in [0.2, 0.25) is 0 Å². The van der Waals surface area contributed by atoms with Crippen molar-refractivity contribution in [2.75, 3.05) is 46.0 Å². The van der Waals surface area contributed by atoms with Gasteiger partial charge in [-0.05, 0) is 24.3 Å². The van der Waals surface area contributed by atoms with E-state index < -0.39 is 0 Å². The average Bonchev–Trinajstić information content (AvgIpc) is 2.52. The monoisotopic (exact) mass is 278 g/mol. The minimum absolute atomic E-state index is 0.563. The molecule has 1 aromatic rings. The van der Waals surface area contributed by atoms with E-state index in [1.165, 1.54) is 18.7 Å². The zero-order valence-electron chi connectivity index (χ0n) is 12.1. The molecule has 0 unspecified atom stereocenters. The van der Waals surface area contributed by atoms with Crippen LogP contribution in [0.25, 0.3) is 0 Å². The van der Waals surface area contributed by atoms with Crippen molar-refractivity contribution in [3.63, 3.8) is 0 Å². The Morgan fingerprint density at radius 2 is 2.00 bits per heavy atom. The van der Waals surface area contributed by atoms with Gasteiger partial charge in [-0.2, -0.15) is 0 Å². The zero-order valence-corrected chi connectivity index (χ0v) is 12.1. The van der Waals surface area contributed by atoms with Gasteiger partial charge >= 0.3 is 0 Å². The number of rotatable bonds is 8. The molecule has 20 heavy (non-hydrogen) atoms. The van der Waals surface area contributed by atoms with E-state index in [9.17, 15) is 0 Å². The van der Waals surface area contributed by atoms with Crippen LogP contribution in [0, 0.1) is 0 Å². The molecule has 3 N–H and O–H groups in total. The Kier molecular flexibility index (Phi) is 6.57. The Hall–Kier alpha value is -1.36. The minimum Gasteiger partial charge on any atom is -0.490 e. The molecule has 0 atom stereocenters. The molecular formula is C16H26N2O2+2. The van der Waals surface area contributed by atoms with Crippen LogP contribution in [0.3, 0.4) is 0 Å². The molecule has 1 saturated heterocycles. The van der Waals surface area contributed by atoms with Crippen LogP contribution < -0.4 is 15.0 Å². The van der Waals surface area contributed by atoms with E-state index in [-0.39, 0.29) is 0 Å². The molecule has 1 aromatic carbocycles. The van der Waals surface area contributed by atoms with Gasteiger partial charge in [-0.1, -0.05) is 12.7 Å². The van der Waals surface area contributed by atoms with Gasteiger partial charge in [0.15, 0.2) is 0 Å². The van der Waals surface area contributed by atoms with E-state index >= 15 is 0 Å². The molecule has 1 aliphatic heterocycles. The van der Waals surface area contributed by atoms with Gasteiger partial charge in [-0.25, -0.2) is 0 Å². The summed E-state index contributed by atoms with van der Waals surface area (Å²) in [5.41, 5.74) is 1.34. The molecule has 4 heteroatoms. The Balaban J connectivity index is 1.62. The smallest absolute Gasteiger partial charge is 0.127 e. The van der Waals surface area contributed by atoms with Gasteiger partial charge in [-0.3, -0.25) is 0 Å². The van der Waals surface area contributed by atoms with E-state index in [1.54, 1.807) is 11.0 Å². The van der Waals surface area contributed by atoms with Crippen LogP contribution in [-0.2, 0) is 11.3 Å². The second kappa shape index (κ2) is 8.74. The summed E-state index contributed by atoms with van der Waals surface area (Å²) in [6.07, 6.45) is 1.76. The van der Waals surface area contributed by atoms with Crippen LogP contribution in [0.2, 0.25) is 0 Å². The summed E-state index contributed by atoms with van der Waals surface area (Å²) >= 11 is 0. The van der Waals surface area contributed by atoms with Crippen molar-refractivity contribution in [2.24, 2.45) is 0 Å². The highest BCUT2D eigenvalue weighted by Crippen LogP contribution is 2.11. The molecule has 0 saturated carbocycles. The van der Waals surface area contributed by atoms with E-state index in [0.717, 1.165) is 38.6 Å². The third-order valence-corrected chi connectivity index (χ3v) is 3.57. The van der Waals surface area contributed by atoms with Crippen LogP contribution >= 0.6 is 0 Å². The molecule has 0 aliphatic carbocycles. The number of nitrogens with two attached hydrogens (primary N) is 1. The van der Waals surface area contributed by atoms with Crippen molar-refractivity contribution in [3.05, 3.63) is 42.5 Å². The highest BCUT2D eigenvalue weighted by atomic mass is 16.5. The Morgan fingerprint density at radius 3 is 2.70 bits per heavy atom. The maximum Gasteiger partial charge on any atom is 0.127 e. The highest BCUT2D eigenvalue weighted by molar-refractivity contribution is 5.26. The fraction of sp³-hybridized carbons (Fsp3) is 0.500. The molecule has 4 nitrogen and oxygen atoms in total. The van der Waals surface area contributed by atoms with Crippen molar-refractivity contribution in [3.8, 4) is 5.75 Å². The maximum atomic E-state index is 5.47. The standard InChI is InChI=1S/C16H24N2O2/c1-2-11-20-16-5-3-15(4-6-16)14-17-7-8-18-9-12-19-13-10-18/h2-6,17H,1,7-14H2/p+2. The summed E-state index contributed by atoms with van der Waals surface area (Å²) in [5, 5.41) is 2.38. The Bertz CT molecular complexity index is 386. The normalized spacial score (nSPS) is 16.0. The van der Waals surface area contributed by atoms with Gasteiger partial charge in [0.05, 0.1) is 13.2 Å². The molecule has 1 fully saturated rings. The molecule has 1 heterocycles. The Labute approximate surface area is 121 Å². The number of morpholine rings is 1. The van der Waals surface area contributed by atoms with Crippen molar-refractivity contribution in [1.29, 1.82) is 0 Å². The van der Waals surface area contributed by atoms with Crippen LogP contribution in [0.1, 0.15) is 5.56 Å². The lowest BCUT2D eigenvalue weighted by Gasteiger charge is -2.22. The third kappa shape index (κ3) is 5.33. The van der Waals surface area contributed by atoms with Crippen molar-refractivity contribution in [2.45, 2.75) is 6.54 Å². The maximum absolute atomic E-state index is 5.47. The fourth-order valence-corrected chi connectivity index (χ4v) is 2.36. The van der Waals surface area contributed by atoms with E-state index in [1.807, 2.05) is 12.1 Å². The van der Waals surface area contributed by atoms with E-state index in [2.05, 4.69) is 24.0 Å². The summed E-state index contributed by atoms with van der Waals surface area (Å²) < 4.78 is 10.8. The van der Waals surface area contributed by atoms with Gasteiger partial charge in [0, 0.05) is 5.56 Å². The second-order valence-corrected chi connectivity index (χ2v) is 5.14. The zero-order chi connectivity index (χ0) is 14.0. The lowest BCUT2D eigenvalue weighted by atomic mass is 10.2. The first-order valence-corrected chi connectivity index (χ1v) is 7.44. The molecule has 0 bridgehead atoms. The van der Waals surface area contributed by atoms with Crippen molar-refractivity contribution < 1.29 is 19.7 Å². The molecule has 0 spiro atoms. The number of hydrogen-bond acceptors (Lipinski definition) is 2. The first-order valence-electron chi connectivity index (χ1n) is 7.44. The Morgan fingerprint density at radius 1 is 1.25 bits per heavy atom. The average molecular weight is 278 g/mol. The second-order valence-electron chi connectivity index (χ2n) is 5.14. The van der Waals surface area contributed by atoms with Gasteiger partial charge in [-0.15, -0.1) is 0 Å². The first kappa shape index (κ1) is 15.0. The number of ether oxygens (including phenoxy) is 2. The summed E-state index contributed by atoms with van der Waals surface area (Å²) in [7, 11) is 0. The molecule has 0 aromatic heterocycles. The first-order chi connectivity index (χ1) is 9.88. The van der Waals surface area contributed by atoms with Gasteiger partial charge in [0.1, 0.15) is 45.1 Å². The lowest BCUT2D eigenvalue weighted by Crippen LogP contribution is -3.16. The molecular weight excluding hydrogens is 252 g/mol. The minimum atomic E-state index is 0.563. The molecule has 0 radical (unpaired) electrons. The largest absolute Gasteiger partial charge is 0.490 e. The van der Waals surface area contributed by atoms with Crippen LogP contribution in [-0.4, -0.2) is 46.0 Å². The molecule has 2 rings (SSSR count). The molecule has 1 aliphatic rings. The topological polar surface area (TPSA) is 39.5 Å². The number of hydrogen-bond donors (Lipinski definition) is 2.